The van der Waals surface area contributed by atoms with Gasteiger partial charge in [-0.2, -0.15) is 0 Å². The van der Waals surface area contributed by atoms with Crippen LogP contribution in [0.2, 0.25) is 0 Å². The Labute approximate surface area is 294 Å². The number of anilines is 2. The van der Waals surface area contributed by atoms with Gasteiger partial charge in [0.15, 0.2) is 0 Å². The number of hydrogen-bond donors (Lipinski definition) is 5. The smallest absolute Gasteiger partial charge is 0.207 e. The van der Waals surface area contributed by atoms with E-state index in [-0.39, 0.29) is 11.9 Å². The molecular formula is C38H64FN5O5. The highest BCUT2D eigenvalue weighted by molar-refractivity contribution is 5.60. The number of amides is 1. The summed E-state index contributed by atoms with van der Waals surface area (Å²) in [6, 6.07) is 11.4. The number of aliphatic hydroxyl groups is 2. The number of rotatable bonds is 12. The Kier molecular flexibility index (Phi) is 20.0. The summed E-state index contributed by atoms with van der Waals surface area (Å²) in [4.78, 5) is 15.5. The molecule has 1 amide bonds. The van der Waals surface area contributed by atoms with Crippen LogP contribution in [0.15, 0.2) is 36.4 Å². The fourth-order valence-electron chi connectivity index (χ4n) is 6.56. The van der Waals surface area contributed by atoms with Crippen LogP contribution in [0.4, 0.5) is 15.8 Å². The molecule has 0 spiro atoms. The SMILES string of the molecule is C1CCNC1.CO.CO.COc1ccc(CCC(CCNC=O)Oc2cc(F)cc(N3CCNCC3)c2)cc1N1CCC(C(C)(C)C)CC1. The minimum atomic E-state index is -0.300. The predicted molar refractivity (Wildman–Crippen MR) is 199 cm³/mol. The van der Waals surface area contributed by atoms with Crippen LogP contribution in [0.5, 0.6) is 11.5 Å². The zero-order chi connectivity index (χ0) is 36.1. The first-order valence-electron chi connectivity index (χ1n) is 17.9. The summed E-state index contributed by atoms with van der Waals surface area (Å²) in [6.45, 7) is 15.5. The topological polar surface area (TPSA) is 119 Å². The number of piperazine rings is 1. The highest BCUT2D eigenvalue weighted by atomic mass is 19.1. The third-order valence-corrected chi connectivity index (χ3v) is 9.35. The number of aliphatic hydroxyl groups excluding tert-OH is 2. The van der Waals surface area contributed by atoms with E-state index in [1.54, 1.807) is 13.2 Å². The van der Waals surface area contributed by atoms with Crippen LogP contribution in [-0.2, 0) is 11.2 Å². The number of piperidine rings is 1. The molecule has 0 bridgehead atoms. The quantitative estimate of drug-likeness (QED) is 0.161. The Bertz CT molecular complexity index is 1170. The predicted octanol–water partition coefficient (Wildman–Crippen LogP) is 4.61. The van der Waals surface area contributed by atoms with Crippen molar-refractivity contribution in [1.82, 2.24) is 16.0 Å². The van der Waals surface area contributed by atoms with E-state index in [2.05, 4.69) is 64.7 Å². The monoisotopic (exact) mass is 689 g/mol. The first kappa shape index (κ1) is 42.0. The molecule has 0 aromatic heterocycles. The van der Waals surface area contributed by atoms with Gasteiger partial charge in [0.05, 0.1) is 12.8 Å². The highest BCUT2D eigenvalue weighted by Crippen LogP contribution is 2.38. The number of nitrogens with zero attached hydrogens (tertiary/aromatic N) is 2. The van der Waals surface area contributed by atoms with Crippen molar-refractivity contribution >= 4 is 17.8 Å². The van der Waals surface area contributed by atoms with Gasteiger partial charge >= 0.3 is 0 Å². The molecule has 2 aromatic carbocycles. The van der Waals surface area contributed by atoms with Crippen molar-refractivity contribution in [2.45, 2.75) is 71.8 Å². The summed E-state index contributed by atoms with van der Waals surface area (Å²) < 4.78 is 26.7. The molecule has 3 fully saturated rings. The number of halogens is 1. The maximum Gasteiger partial charge on any atom is 0.207 e. The second kappa shape index (κ2) is 23.3. The lowest BCUT2D eigenvalue weighted by molar-refractivity contribution is -0.109. The number of methoxy groups -OCH3 is 1. The molecule has 10 nitrogen and oxygen atoms in total. The number of nitrogens with one attached hydrogen (secondary N) is 3. The Morgan fingerprint density at radius 3 is 2.14 bits per heavy atom. The number of benzene rings is 2. The van der Waals surface area contributed by atoms with Crippen molar-refractivity contribution < 1.29 is 28.9 Å². The summed E-state index contributed by atoms with van der Waals surface area (Å²) in [5.74, 6) is 1.86. The van der Waals surface area contributed by atoms with E-state index >= 15 is 0 Å². The van der Waals surface area contributed by atoms with Crippen LogP contribution in [0, 0.1) is 17.2 Å². The molecule has 49 heavy (non-hydrogen) atoms. The second-order valence-electron chi connectivity index (χ2n) is 13.6. The number of hydrogen-bond acceptors (Lipinski definition) is 9. The van der Waals surface area contributed by atoms with Gasteiger partial charge < -0.3 is 45.4 Å². The lowest BCUT2D eigenvalue weighted by Gasteiger charge is -2.40. The fourth-order valence-corrected chi connectivity index (χ4v) is 6.56. The molecule has 0 saturated carbocycles. The Balaban J connectivity index is 0.000000822. The summed E-state index contributed by atoms with van der Waals surface area (Å²) >= 11 is 0. The van der Waals surface area contributed by atoms with Crippen LogP contribution >= 0.6 is 0 Å². The van der Waals surface area contributed by atoms with E-state index < -0.39 is 0 Å². The molecule has 278 valence electrons. The van der Waals surface area contributed by atoms with E-state index in [0.29, 0.717) is 30.5 Å². The molecule has 1 unspecified atom stereocenters. The maximum absolute atomic E-state index is 14.6. The van der Waals surface area contributed by atoms with Gasteiger partial charge in [0.1, 0.15) is 23.4 Å². The molecule has 3 saturated heterocycles. The largest absolute Gasteiger partial charge is 0.495 e. The second-order valence-corrected chi connectivity index (χ2v) is 13.6. The van der Waals surface area contributed by atoms with Gasteiger partial charge in [-0.3, -0.25) is 4.79 Å². The summed E-state index contributed by atoms with van der Waals surface area (Å²) in [6.07, 6.45) is 7.87. The molecule has 3 aliphatic heterocycles. The van der Waals surface area contributed by atoms with Gasteiger partial charge in [-0.1, -0.05) is 26.8 Å². The van der Waals surface area contributed by atoms with Crippen LogP contribution in [0.1, 0.15) is 64.9 Å². The number of ether oxygens (including phenoxy) is 2. The average molecular weight is 690 g/mol. The van der Waals surface area contributed by atoms with Crippen LogP contribution < -0.4 is 35.2 Å². The molecule has 0 aliphatic carbocycles. The molecule has 1 atom stereocenters. The molecule has 0 radical (unpaired) electrons. The molecule has 5 N–H and O–H groups in total. The van der Waals surface area contributed by atoms with E-state index in [1.165, 1.54) is 50.4 Å². The third kappa shape index (κ3) is 14.7. The highest BCUT2D eigenvalue weighted by Gasteiger charge is 2.29. The van der Waals surface area contributed by atoms with Gasteiger partial charge in [-0.15, -0.1) is 0 Å². The van der Waals surface area contributed by atoms with Gasteiger partial charge in [-0.25, -0.2) is 4.39 Å². The molecule has 5 rings (SSSR count). The van der Waals surface area contributed by atoms with Gasteiger partial charge in [0, 0.05) is 84.3 Å². The van der Waals surface area contributed by atoms with E-state index in [0.717, 1.165) is 89.4 Å². The van der Waals surface area contributed by atoms with Gasteiger partial charge in [0.2, 0.25) is 6.41 Å². The summed E-state index contributed by atoms with van der Waals surface area (Å²) in [7, 11) is 3.73. The molecule has 11 heteroatoms. The number of carbonyl (C=O) groups excluding carboxylic acids is 1. The van der Waals surface area contributed by atoms with Crippen molar-refractivity contribution in [2.24, 2.45) is 11.3 Å². The maximum atomic E-state index is 14.6. The molecular weight excluding hydrogens is 625 g/mol. The summed E-state index contributed by atoms with van der Waals surface area (Å²) in [5.41, 5.74) is 3.54. The van der Waals surface area contributed by atoms with Crippen LogP contribution in [0.3, 0.4) is 0 Å². The Hall–Kier alpha value is -3.12. The van der Waals surface area contributed by atoms with Crippen LogP contribution in [-0.4, -0.2) is 103 Å². The zero-order valence-corrected chi connectivity index (χ0v) is 30.9. The zero-order valence-electron chi connectivity index (χ0n) is 30.9. The normalized spacial score (nSPS) is 16.9. The average Bonchev–Trinajstić information content (AvgIpc) is 3.73. The van der Waals surface area contributed by atoms with Crippen molar-refractivity contribution in [1.29, 1.82) is 0 Å². The van der Waals surface area contributed by atoms with Gasteiger partial charge in [-0.05, 0) is 86.7 Å². The van der Waals surface area contributed by atoms with Crippen molar-refractivity contribution in [2.75, 3.05) is 90.0 Å². The Morgan fingerprint density at radius 1 is 0.918 bits per heavy atom. The molecule has 2 aromatic rings. The lowest BCUT2D eigenvalue weighted by Crippen LogP contribution is -2.43. The summed E-state index contributed by atoms with van der Waals surface area (Å²) in [5, 5.41) is 23.3. The Morgan fingerprint density at radius 2 is 1.57 bits per heavy atom. The third-order valence-electron chi connectivity index (χ3n) is 9.35. The minimum absolute atomic E-state index is 0.168. The van der Waals surface area contributed by atoms with E-state index in [4.69, 9.17) is 19.7 Å². The van der Waals surface area contributed by atoms with E-state index in [9.17, 15) is 9.18 Å². The minimum Gasteiger partial charge on any atom is -0.495 e. The van der Waals surface area contributed by atoms with Crippen molar-refractivity contribution in [3.63, 3.8) is 0 Å². The first-order chi connectivity index (χ1) is 23.8. The van der Waals surface area contributed by atoms with Crippen molar-refractivity contribution in [3.05, 3.63) is 47.8 Å². The fraction of sp³-hybridized carbons (Fsp3) is 0.658. The van der Waals surface area contributed by atoms with E-state index in [1.807, 2.05) is 6.07 Å². The number of carbonyl (C=O) groups is 1. The van der Waals surface area contributed by atoms with Crippen LogP contribution in [0.25, 0.3) is 0 Å². The van der Waals surface area contributed by atoms with Crippen molar-refractivity contribution in [3.8, 4) is 11.5 Å². The standard InChI is InChI=1S/C32H47FN4O3.C4H9N.2CH4O/c1-32(2,3)25-10-15-37(16-11-25)30-19-24(6-8-31(30)39-4)5-7-28(9-12-35-23-38)40-29-21-26(33)20-27(22-29)36-17-13-34-14-18-36;1-2-4-5-3-1;2*1-2/h6,8,19-23,25,28,34H,5,7,9-18H2,1-4H3,(H,35,38);5H,1-4H2;2*2H,1H3. The molecule has 3 aliphatic rings. The molecule has 3 heterocycles. The lowest BCUT2D eigenvalue weighted by atomic mass is 9.75. The van der Waals surface area contributed by atoms with Gasteiger partial charge in [0.25, 0.3) is 0 Å². The first-order valence-corrected chi connectivity index (χ1v) is 17.9. The number of aryl methyl sites for hydroxylation is 1.